The van der Waals surface area contributed by atoms with Gasteiger partial charge in [0.2, 0.25) is 0 Å². The molecule has 1 N–H and O–H groups in total. The molecule has 0 unspecified atom stereocenters. The molecule has 4 heteroatoms. The van der Waals surface area contributed by atoms with Crippen molar-refractivity contribution in [3.05, 3.63) is 40.4 Å². The van der Waals surface area contributed by atoms with Gasteiger partial charge < -0.3 is 5.11 Å². The van der Waals surface area contributed by atoms with Crippen molar-refractivity contribution in [3.8, 4) is 0 Å². The zero-order valence-corrected chi connectivity index (χ0v) is 8.06. The molecule has 0 heterocycles. The largest absolute Gasteiger partial charge is 0.396 e. The van der Waals surface area contributed by atoms with E-state index in [0.29, 0.717) is 12.0 Å². The van der Waals surface area contributed by atoms with Crippen molar-refractivity contribution in [2.24, 2.45) is 0 Å². The summed E-state index contributed by atoms with van der Waals surface area (Å²) in [6.07, 6.45) is 3.60. The Balaban J connectivity index is 2.89. The highest BCUT2D eigenvalue weighted by atomic mass is 35.5. The summed E-state index contributed by atoms with van der Waals surface area (Å²) in [6.45, 7) is 0.00898. The molecule has 0 aliphatic rings. The van der Waals surface area contributed by atoms with Crippen molar-refractivity contribution in [3.63, 3.8) is 0 Å². The van der Waals surface area contributed by atoms with Gasteiger partial charge in [-0.15, -0.1) is 0 Å². The predicted molar refractivity (Wildman–Crippen MR) is 52.1 cm³/mol. The lowest BCUT2D eigenvalue weighted by atomic mass is 10.2. The minimum Gasteiger partial charge on any atom is -0.396 e. The third-order valence-corrected chi connectivity index (χ3v) is 1.97. The zero-order valence-electron chi connectivity index (χ0n) is 7.30. The second-order valence-corrected chi connectivity index (χ2v) is 3.09. The van der Waals surface area contributed by atoms with Gasteiger partial charge >= 0.3 is 0 Å². The van der Waals surface area contributed by atoms with Crippen molar-refractivity contribution in [2.45, 2.75) is 6.42 Å². The predicted octanol–water partition coefficient (Wildman–Crippen LogP) is 3.01. The summed E-state index contributed by atoms with van der Waals surface area (Å²) >= 11 is 5.30. The third-order valence-electron chi connectivity index (χ3n) is 1.61. The summed E-state index contributed by atoms with van der Waals surface area (Å²) in [5, 5.41) is 7.98. The van der Waals surface area contributed by atoms with E-state index < -0.39 is 16.7 Å². The molecule has 1 aromatic rings. The van der Waals surface area contributed by atoms with Crippen molar-refractivity contribution < 1.29 is 13.9 Å². The Bertz CT molecular complexity index is 327. The van der Waals surface area contributed by atoms with E-state index in [9.17, 15) is 8.78 Å². The lowest BCUT2D eigenvalue weighted by Gasteiger charge is -1.98. The van der Waals surface area contributed by atoms with Crippen LogP contribution in [-0.4, -0.2) is 11.7 Å². The van der Waals surface area contributed by atoms with Crippen LogP contribution in [0.2, 0.25) is 5.02 Å². The normalized spacial score (nSPS) is 11.1. The molecule has 0 bridgehead atoms. The summed E-state index contributed by atoms with van der Waals surface area (Å²) in [4.78, 5) is 0. The summed E-state index contributed by atoms with van der Waals surface area (Å²) in [7, 11) is 0. The molecule has 1 aromatic carbocycles. The SMILES string of the molecule is OCCC=Cc1cc(F)c(Cl)c(F)c1. The van der Waals surface area contributed by atoms with E-state index in [1.165, 1.54) is 6.08 Å². The van der Waals surface area contributed by atoms with E-state index in [0.717, 1.165) is 12.1 Å². The number of hydrogen-bond donors (Lipinski definition) is 1. The molecule has 0 aromatic heterocycles. The molecule has 0 fully saturated rings. The quantitative estimate of drug-likeness (QED) is 0.774. The van der Waals surface area contributed by atoms with Crippen molar-refractivity contribution >= 4 is 17.7 Å². The van der Waals surface area contributed by atoms with Crippen LogP contribution in [0.4, 0.5) is 8.78 Å². The van der Waals surface area contributed by atoms with Gasteiger partial charge in [0.15, 0.2) is 0 Å². The Morgan fingerprint density at radius 1 is 1.29 bits per heavy atom. The monoisotopic (exact) mass is 218 g/mol. The summed E-state index contributed by atoms with van der Waals surface area (Å²) in [5.74, 6) is -1.56. The molecule has 1 nitrogen and oxygen atoms in total. The molecule has 0 saturated carbocycles. The van der Waals surface area contributed by atoms with E-state index >= 15 is 0 Å². The van der Waals surface area contributed by atoms with Crippen molar-refractivity contribution in [2.75, 3.05) is 6.61 Å². The Morgan fingerprint density at radius 3 is 2.36 bits per heavy atom. The maximum atomic E-state index is 12.9. The Hall–Kier alpha value is -0.930. The molecule has 14 heavy (non-hydrogen) atoms. The number of benzene rings is 1. The molecule has 0 saturated heterocycles. The summed E-state index contributed by atoms with van der Waals surface area (Å²) in [6, 6.07) is 2.28. The van der Waals surface area contributed by atoms with Gasteiger partial charge in [-0.25, -0.2) is 8.78 Å². The van der Waals surface area contributed by atoms with Crippen LogP contribution in [0.3, 0.4) is 0 Å². The molecule has 0 spiro atoms. The fraction of sp³-hybridized carbons (Fsp3) is 0.200. The number of hydrogen-bond acceptors (Lipinski definition) is 1. The Labute approximate surface area is 85.6 Å². The standard InChI is InChI=1S/C10H9ClF2O/c11-10-8(12)5-7(6-9(10)13)3-1-2-4-14/h1,3,5-6,14H,2,4H2. The minimum absolute atomic E-state index is 0.00898. The van der Waals surface area contributed by atoms with Crippen LogP contribution in [0.5, 0.6) is 0 Å². The van der Waals surface area contributed by atoms with Crippen LogP contribution in [0.25, 0.3) is 6.08 Å². The van der Waals surface area contributed by atoms with E-state index in [-0.39, 0.29) is 6.61 Å². The van der Waals surface area contributed by atoms with Crippen LogP contribution in [0.15, 0.2) is 18.2 Å². The van der Waals surface area contributed by atoms with Gasteiger partial charge in [-0.2, -0.15) is 0 Å². The molecular weight excluding hydrogens is 210 g/mol. The smallest absolute Gasteiger partial charge is 0.145 e. The van der Waals surface area contributed by atoms with Crippen LogP contribution in [-0.2, 0) is 0 Å². The van der Waals surface area contributed by atoms with E-state index in [1.54, 1.807) is 6.08 Å². The summed E-state index contributed by atoms with van der Waals surface area (Å²) < 4.78 is 25.8. The highest BCUT2D eigenvalue weighted by molar-refractivity contribution is 6.30. The molecule has 76 valence electrons. The number of rotatable bonds is 3. The highest BCUT2D eigenvalue weighted by Crippen LogP contribution is 2.21. The lowest BCUT2D eigenvalue weighted by molar-refractivity contribution is 0.303. The molecule has 0 radical (unpaired) electrons. The second kappa shape index (κ2) is 5.08. The topological polar surface area (TPSA) is 20.2 Å². The van der Waals surface area contributed by atoms with Gasteiger partial charge in [-0.05, 0) is 24.1 Å². The van der Waals surface area contributed by atoms with Crippen molar-refractivity contribution in [1.82, 2.24) is 0 Å². The van der Waals surface area contributed by atoms with E-state index in [1.807, 2.05) is 0 Å². The average molecular weight is 219 g/mol. The van der Waals surface area contributed by atoms with Gasteiger partial charge in [0.25, 0.3) is 0 Å². The fourth-order valence-corrected chi connectivity index (χ4v) is 1.07. The lowest BCUT2D eigenvalue weighted by Crippen LogP contribution is -1.85. The maximum absolute atomic E-state index is 12.9. The molecule has 1 rings (SSSR count). The molecule has 0 aliphatic carbocycles. The average Bonchev–Trinajstić information content (AvgIpc) is 2.14. The maximum Gasteiger partial charge on any atom is 0.145 e. The van der Waals surface area contributed by atoms with Gasteiger partial charge in [0.05, 0.1) is 0 Å². The van der Waals surface area contributed by atoms with Gasteiger partial charge in [-0.3, -0.25) is 0 Å². The second-order valence-electron chi connectivity index (χ2n) is 2.71. The van der Waals surface area contributed by atoms with Crippen LogP contribution in [0.1, 0.15) is 12.0 Å². The Morgan fingerprint density at radius 2 is 1.86 bits per heavy atom. The van der Waals surface area contributed by atoms with Gasteiger partial charge in [0, 0.05) is 6.61 Å². The van der Waals surface area contributed by atoms with E-state index in [4.69, 9.17) is 16.7 Å². The van der Waals surface area contributed by atoms with Crippen LogP contribution in [0, 0.1) is 11.6 Å². The highest BCUT2D eigenvalue weighted by Gasteiger charge is 2.06. The third kappa shape index (κ3) is 2.79. The first kappa shape index (κ1) is 11.1. The summed E-state index contributed by atoms with van der Waals surface area (Å²) in [5.41, 5.74) is 0.387. The van der Waals surface area contributed by atoms with Crippen LogP contribution < -0.4 is 0 Å². The van der Waals surface area contributed by atoms with Gasteiger partial charge in [-0.1, -0.05) is 23.8 Å². The molecule has 0 aliphatic heterocycles. The van der Waals surface area contributed by atoms with Gasteiger partial charge in [0.1, 0.15) is 16.7 Å². The first-order chi connectivity index (χ1) is 6.65. The van der Waals surface area contributed by atoms with Crippen LogP contribution >= 0.6 is 11.6 Å². The zero-order chi connectivity index (χ0) is 10.6. The van der Waals surface area contributed by atoms with Crippen molar-refractivity contribution in [1.29, 1.82) is 0 Å². The first-order valence-corrected chi connectivity index (χ1v) is 4.45. The Kier molecular flexibility index (Phi) is 4.04. The first-order valence-electron chi connectivity index (χ1n) is 4.07. The van der Waals surface area contributed by atoms with E-state index in [2.05, 4.69) is 0 Å². The molecule has 0 atom stereocenters. The minimum atomic E-state index is -0.782. The number of aliphatic hydroxyl groups excluding tert-OH is 1. The number of aliphatic hydroxyl groups is 1. The number of halogens is 3. The molecule has 0 amide bonds. The molecular formula is C10H9ClF2O. The fourth-order valence-electron chi connectivity index (χ4n) is 0.965.